The molecule has 1 aromatic heterocycles. The first-order valence-corrected chi connectivity index (χ1v) is 4.52. The van der Waals surface area contributed by atoms with E-state index in [1.54, 1.807) is 0 Å². The van der Waals surface area contributed by atoms with E-state index in [0.29, 0.717) is 5.75 Å². The van der Waals surface area contributed by atoms with Crippen LogP contribution in [0.3, 0.4) is 0 Å². The van der Waals surface area contributed by atoms with Gasteiger partial charge in [-0.05, 0) is 11.6 Å². The lowest BCUT2D eigenvalue weighted by Crippen LogP contribution is -1.93. The van der Waals surface area contributed by atoms with Gasteiger partial charge in [0.2, 0.25) is 5.28 Å². The maximum atomic E-state index is 12.8. The van der Waals surface area contributed by atoms with Gasteiger partial charge in [-0.25, -0.2) is 14.4 Å². The Morgan fingerprint density at radius 1 is 1.67 bits per heavy atom. The van der Waals surface area contributed by atoms with Gasteiger partial charge in [0, 0.05) is 5.75 Å². The molecule has 1 heterocycles. The first-order valence-electron chi connectivity index (χ1n) is 3.15. The summed E-state index contributed by atoms with van der Waals surface area (Å²) in [6, 6.07) is 0. The average molecular weight is 209 g/mol. The molecule has 0 bridgehead atoms. The Bertz CT molecular complexity index is 274. The summed E-state index contributed by atoms with van der Waals surface area (Å²) in [5, 5.41) is 8.65. The highest BCUT2D eigenvalue weighted by molar-refractivity contribution is 7.99. The molecule has 0 saturated carbocycles. The average Bonchev–Trinajstić information content (AvgIpc) is 2.07. The van der Waals surface area contributed by atoms with E-state index in [2.05, 4.69) is 9.97 Å². The first-order chi connectivity index (χ1) is 5.74. The smallest absolute Gasteiger partial charge is 0.223 e. The zero-order chi connectivity index (χ0) is 8.97. The van der Waals surface area contributed by atoms with Crippen molar-refractivity contribution in [2.45, 2.75) is 5.03 Å². The van der Waals surface area contributed by atoms with E-state index in [-0.39, 0.29) is 16.9 Å². The highest BCUT2D eigenvalue weighted by atomic mass is 35.5. The van der Waals surface area contributed by atoms with Crippen LogP contribution in [-0.4, -0.2) is 27.4 Å². The zero-order valence-corrected chi connectivity index (χ0v) is 7.57. The Morgan fingerprint density at radius 3 is 3.08 bits per heavy atom. The van der Waals surface area contributed by atoms with Gasteiger partial charge >= 0.3 is 0 Å². The fraction of sp³-hybridized carbons (Fsp3) is 0.333. The van der Waals surface area contributed by atoms with Gasteiger partial charge in [0.1, 0.15) is 5.03 Å². The lowest BCUT2D eigenvalue weighted by Gasteiger charge is -1.99. The summed E-state index contributed by atoms with van der Waals surface area (Å²) >= 11 is 6.53. The topological polar surface area (TPSA) is 46.0 Å². The van der Waals surface area contributed by atoms with Crippen molar-refractivity contribution in [3.05, 3.63) is 17.3 Å². The molecule has 1 N–H and O–H groups in total. The quantitative estimate of drug-likeness (QED) is 0.463. The van der Waals surface area contributed by atoms with Crippen molar-refractivity contribution in [2.24, 2.45) is 0 Å². The van der Waals surface area contributed by atoms with Crippen LogP contribution in [0.5, 0.6) is 0 Å². The van der Waals surface area contributed by atoms with Gasteiger partial charge in [-0.15, -0.1) is 11.8 Å². The third-order valence-corrected chi connectivity index (χ3v) is 2.14. The molecule has 1 rings (SSSR count). The second-order valence-electron chi connectivity index (χ2n) is 1.86. The third-order valence-electron chi connectivity index (χ3n) is 1.01. The Hall–Kier alpha value is -0.390. The van der Waals surface area contributed by atoms with Crippen LogP contribution in [0.4, 0.5) is 4.39 Å². The monoisotopic (exact) mass is 208 g/mol. The maximum absolute atomic E-state index is 12.8. The molecular formula is C6H6ClFN2OS. The molecule has 0 unspecified atom stereocenters. The minimum Gasteiger partial charge on any atom is -0.396 e. The van der Waals surface area contributed by atoms with Crippen molar-refractivity contribution in [3.63, 3.8) is 0 Å². The highest BCUT2D eigenvalue weighted by Gasteiger charge is 2.05. The van der Waals surface area contributed by atoms with Crippen LogP contribution in [0.15, 0.2) is 11.2 Å². The maximum Gasteiger partial charge on any atom is 0.223 e. The number of rotatable bonds is 3. The van der Waals surface area contributed by atoms with E-state index in [1.807, 2.05) is 0 Å². The lowest BCUT2D eigenvalue weighted by molar-refractivity contribution is 0.322. The number of aliphatic hydroxyl groups is 1. The molecule has 0 aliphatic carbocycles. The molecular weight excluding hydrogens is 203 g/mol. The van der Waals surface area contributed by atoms with Gasteiger partial charge in [-0.2, -0.15) is 0 Å². The molecule has 0 fully saturated rings. The second kappa shape index (κ2) is 4.59. The molecule has 0 amide bonds. The van der Waals surface area contributed by atoms with Crippen molar-refractivity contribution >= 4 is 23.4 Å². The minimum absolute atomic E-state index is 0.0110. The van der Waals surface area contributed by atoms with Crippen LogP contribution in [-0.2, 0) is 0 Å². The largest absolute Gasteiger partial charge is 0.396 e. The molecule has 66 valence electrons. The molecule has 0 radical (unpaired) electrons. The van der Waals surface area contributed by atoms with Crippen LogP contribution in [0.2, 0.25) is 5.28 Å². The molecule has 0 atom stereocenters. The Morgan fingerprint density at radius 2 is 2.42 bits per heavy atom. The van der Waals surface area contributed by atoms with Gasteiger partial charge in [-0.3, -0.25) is 0 Å². The number of halogens is 2. The molecule has 0 aliphatic heterocycles. The summed E-state index contributed by atoms with van der Waals surface area (Å²) in [6.45, 7) is -0.0221. The fourth-order valence-electron chi connectivity index (χ4n) is 0.575. The standard InChI is InChI=1S/C6H6ClFN2OS/c7-6-9-3-4(8)5(10-6)12-2-1-11/h3,11H,1-2H2. The third kappa shape index (κ3) is 2.58. The van der Waals surface area contributed by atoms with E-state index in [4.69, 9.17) is 16.7 Å². The number of aromatic nitrogens is 2. The molecule has 0 spiro atoms. The van der Waals surface area contributed by atoms with Crippen LogP contribution >= 0.6 is 23.4 Å². The van der Waals surface area contributed by atoms with Gasteiger partial charge in [0.15, 0.2) is 5.82 Å². The summed E-state index contributed by atoms with van der Waals surface area (Å²) in [5.74, 6) is -0.123. The van der Waals surface area contributed by atoms with Gasteiger partial charge in [0.05, 0.1) is 12.8 Å². The predicted octanol–water partition coefficient (Wildman–Crippen LogP) is 1.35. The predicted molar refractivity (Wildman–Crippen MR) is 44.8 cm³/mol. The summed E-state index contributed by atoms with van der Waals surface area (Å²) < 4.78 is 12.8. The van der Waals surface area contributed by atoms with Crippen molar-refractivity contribution in [1.82, 2.24) is 9.97 Å². The van der Waals surface area contributed by atoms with E-state index in [1.165, 1.54) is 0 Å². The normalized spacial score (nSPS) is 10.2. The number of hydrogen-bond acceptors (Lipinski definition) is 4. The molecule has 6 heteroatoms. The van der Waals surface area contributed by atoms with E-state index >= 15 is 0 Å². The summed E-state index contributed by atoms with van der Waals surface area (Å²) in [6.07, 6.45) is 1.01. The molecule has 3 nitrogen and oxygen atoms in total. The van der Waals surface area contributed by atoms with Crippen molar-refractivity contribution < 1.29 is 9.50 Å². The SMILES string of the molecule is OCCSc1nc(Cl)ncc1F. The Kier molecular flexibility index (Phi) is 3.71. The molecule has 0 saturated heterocycles. The zero-order valence-electron chi connectivity index (χ0n) is 6.00. The van der Waals surface area contributed by atoms with Crippen molar-refractivity contribution in [2.75, 3.05) is 12.4 Å². The lowest BCUT2D eigenvalue weighted by atomic mass is 10.6. The second-order valence-corrected chi connectivity index (χ2v) is 3.29. The first kappa shape index (κ1) is 9.70. The van der Waals surface area contributed by atoms with Crippen LogP contribution in [0.25, 0.3) is 0 Å². The van der Waals surface area contributed by atoms with Gasteiger partial charge in [-0.1, -0.05) is 0 Å². The van der Waals surface area contributed by atoms with Crippen molar-refractivity contribution in [3.8, 4) is 0 Å². The van der Waals surface area contributed by atoms with E-state index < -0.39 is 5.82 Å². The van der Waals surface area contributed by atoms with Crippen molar-refractivity contribution in [1.29, 1.82) is 0 Å². The Balaban J connectivity index is 2.75. The van der Waals surface area contributed by atoms with Gasteiger partial charge in [0.25, 0.3) is 0 Å². The Labute approximate surface area is 78.0 Å². The van der Waals surface area contributed by atoms with E-state index in [0.717, 1.165) is 18.0 Å². The summed E-state index contributed by atoms with van der Waals surface area (Å²) in [5.41, 5.74) is 0. The molecule has 0 aromatic carbocycles. The van der Waals surface area contributed by atoms with Crippen LogP contribution < -0.4 is 0 Å². The highest BCUT2D eigenvalue weighted by Crippen LogP contribution is 2.19. The summed E-state index contributed by atoms with van der Waals surface area (Å²) in [4.78, 5) is 7.09. The number of thioether (sulfide) groups is 1. The minimum atomic E-state index is -0.516. The summed E-state index contributed by atoms with van der Waals surface area (Å²) in [7, 11) is 0. The number of nitrogens with zero attached hydrogens (tertiary/aromatic N) is 2. The fourth-order valence-corrected chi connectivity index (χ4v) is 1.38. The number of hydrogen-bond donors (Lipinski definition) is 1. The molecule has 0 aliphatic rings. The van der Waals surface area contributed by atoms with Crippen LogP contribution in [0.1, 0.15) is 0 Å². The number of aliphatic hydroxyl groups excluding tert-OH is 1. The molecule has 1 aromatic rings. The molecule has 12 heavy (non-hydrogen) atoms. The van der Waals surface area contributed by atoms with Gasteiger partial charge < -0.3 is 5.11 Å². The van der Waals surface area contributed by atoms with Crippen LogP contribution in [0, 0.1) is 5.82 Å². The van der Waals surface area contributed by atoms with E-state index in [9.17, 15) is 4.39 Å².